The summed E-state index contributed by atoms with van der Waals surface area (Å²) in [5.74, 6) is -0.602. The van der Waals surface area contributed by atoms with Gasteiger partial charge in [-0.1, -0.05) is 0 Å². The molecule has 2 aromatic heterocycles. The van der Waals surface area contributed by atoms with Crippen LogP contribution in [-0.2, 0) is 20.5 Å². The molecular formula is C21H23FN6O3. The number of hydrogen-bond donors (Lipinski definition) is 1. The maximum absolute atomic E-state index is 13.5. The minimum atomic E-state index is -0.569. The van der Waals surface area contributed by atoms with Crippen molar-refractivity contribution < 1.29 is 18.7 Å². The molecule has 31 heavy (non-hydrogen) atoms. The number of amides is 2. The van der Waals surface area contributed by atoms with E-state index in [-0.39, 0.29) is 23.8 Å². The van der Waals surface area contributed by atoms with E-state index >= 15 is 0 Å². The summed E-state index contributed by atoms with van der Waals surface area (Å²) in [6, 6.07) is 4.20. The van der Waals surface area contributed by atoms with Gasteiger partial charge in [0, 0.05) is 33.0 Å². The van der Waals surface area contributed by atoms with Crippen molar-refractivity contribution in [1.29, 1.82) is 0 Å². The minimum Gasteiger partial charge on any atom is -0.373 e. The molecule has 0 bridgehead atoms. The summed E-state index contributed by atoms with van der Waals surface area (Å²) in [7, 11) is 5.12. The lowest BCUT2D eigenvalue weighted by molar-refractivity contribution is 0.101. The van der Waals surface area contributed by atoms with Gasteiger partial charge in [0.15, 0.2) is 0 Å². The van der Waals surface area contributed by atoms with E-state index in [0.717, 1.165) is 11.1 Å². The summed E-state index contributed by atoms with van der Waals surface area (Å²) < 4.78 is 21.9. The molecule has 0 spiro atoms. The molecule has 4 rings (SSSR count). The summed E-state index contributed by atoms with van der Waals surface area (Å²) in [5, 5.41) is 6.79. The average molecular weight is 426 g/mol. The lowest BCUT2D eigenvalue weighted by Crippen LogP contribution is -2.32. The van der Waals surface area contributed by atoms with Crippen molar-refractivity contribution in [2.45, 2.75) is 25.8 Å². The normalized spacial score (nSPS) is 14.9. The third-order valence-electron chi connectivity index (χ3n) is 5.49. The fourth-order valence-corrected chi connectivity index (χ4v) is 3.94. The van der Waals surface area contributed by atoms with Crippen LogP contribution in [-0.4, -0.2) is 43.3 Å². The van der Waals surface area contributed by atoms with E-state index in [1.165, 1.54) is 28.0 Å². The molecular weight excluding hydrogens is 403 g/mol. The molecule has 1 N–H and O–H groups in total. The molecule has 3 aromatic rings. The Kier molecular flexibility index (Phi) is 5.22. The number of hydrogen-bond acceptors (Lipinski definition) is 5. The van der Waals surface area contributed by atoms with Crippen molar-refractivity contribution in [3.05, 3.63) is 58.9 Å². The van der Waals surface area contributed by atoms with Gasteiger partial charge in [0.1, 0.15) is 17.8 Å². The summed E-state index contributed by atoms with van der Waals surface area (Å²) >= 11 is 0. The fourth-order valence-electron chi connectivity index (χ4n) is 3.94. The molecule has 0 saturated carbocycles. The van der Waals surface area contributed by atoms with Gasteiger partial charge in [0.05, 0.1) is 6.04 Å². The average Bonchev–Trinajstić information content (AvgIpc) is 3.38. The molecule has 1 aliphatic rings. The third kappa shape index (κ3) is 3.88. The molecule has 2 amide bonds. The molecule has 1 aliphatic carbocycles. The van der Waals surface area contributed by atoms with Crippen LogP contribution in [0.4, 0.5) is 14.9 Å². The number of carbonyl (C=O) groups is 2. The van der Waals surface area contributed by atoms with Crippen molar-refractivity contribution in [1.82, 2.24) is 24.2 Å². The van der Waals surface area contributed by atoms with E-state index in [0.29, 0.717) is 29.8 Å². The van der Waals surface area contributed by atoms with E-state index in [4.69, 9.17) is 4.74 Å². The number of benzene rings is 1. The number of anilines is 1. The van der Waals surface area contributed by atoms with Crippen LogP contribution in [0.1, 0.15) is 39.6 Å². The second-order valence-corrected chi connectivity index (χ2v) is 7.67. The van der Waals surface area contributed by atoms with Gasteiger partial charge in [-0.15, -0.1) is 5.10 Å². The molecule has 2 heterocycles. The van der Waals surface area contributed by atoms with Crippen LogP contribution < -0.4 is 10.1 Å². The molecule has 0 fully saturated rings. The topological polar surface area (TPSA) is 94.3 Å². The zero-order valence-corrected chi connectivity index (χ0v) is 17.7. The van der Waals surface area contributed by atoms with Crippen LogP contribution in [0, 0.1) is 12.7 Å². The van der Waals surface area contributed by atoms with Crippen LogP contribution in [0.25, 0.3) is 0 Å². The van der Waals surface area contributed by atoms with Crippen molar-refractivity contribution >= 4 is 17.7 Å². The van der Waals surface area contributed by atoms with Crippen LogP contribution in [0.5, 0.6) is 6.01 Å². The Hall–Kier alpha value is -3.69. The fraction of sp³-hybridized carbons (Fsp3) is 0.333. The lowest BCUT2D eigenvalue weighted by atomic mass is 10.1. The molecule has 1 atom stereocenters. The van der Waals surface area contributed by atoms with Crippen molar-refractivity contribution in [2.24, 2.45) is 14.1 Å². The first-order valence-electron chi connectivity index (χ1n) is 9.80. The molecule has 0 aliphatic heterocycles. The predicted octanol–water partition coefficient (Wildman–Crippen LogP) is 2.97. The Morgan fingerprint density at radius 2 is 2.10 bits per heavy atom. The molecule has 1 unspecified atom stereocenters. The number of nitrogens with zero attached hydrogens (tertiary/aromatic N) is 5. The molecule has 0 radical (unpaired) electrons. The van der Waals surface area contributed by atoms with E-state index < -0.39 is 6.09 Å². The number of ether oxygens (including phenoxy) is 1. The first kappa shape index (κ1) is 20.6. The minimum absolute atomic E-state index is 0.0136. The SMILES string of the molecule is Cc1cc(NC(=O)c2c3c(cn2C)C(N(C)C(=O)Oc2ncn(C)n2)CC3)ccc1F. The Bertz CT molecular complexity index is 1170. The largest absolute Gasteiger partial charge is 0.417 e. The second-order valence-electron chi connectivity index (χ2n) is 7.67. The van der Waals surface area contributed by atoms with Gasteiger partial charge in [0.2, 0.25) is 0 Å². The first-order chi connectivity index (χ1) is 14.7. The number of carbonyl (C=O) groups excluding carboxylic acids is 2. The second kappa shape index (κ2) is 7.86. The number of aryl methyl sites for hydroxylation is 3. The zero-order valence-electron chi connectivity index (χ0n) is 17.7. The predicted molar refractivity (Wildman–Crippen MR) is 110 cm³/mol. The smallest absolute Gasteiger partial charge is 0.373 e. The van der Waals surface area contributed by atoms with Crippen LogP contribution in [0.15, 0.2) is 30.7 Å². The quantitative estimate of drug-likeness (QED) is 0.692. The third-order valence-corrected chi connectivity index (χ3v) is 5.49. The molecule has 1 aromatic carbocycles. The highest BCUT2D eigenvalue weighted by Crippen LogP contribution is 2.38. The Morgan fingerprint density at radius 3 is 2.77 bits per heavy atom. The number of nitrogens with one attached hydrogen (secondary N) is 1. The number of fused-ring (bicyclic) bond motifs is 1. The molecule has 162 valence electrons. The lowest BCUT2D eigenvalue weighted by Gasteiger charge is -2.23. The zero-order chi connectivity index (χ0) is 22.3. The van der Waals surface area contributed by atoms with Crippen molar-refractivity contribution in [2.75, 3.05) is 12.4 Å². The Morgan fingerprint density at radius 1 is 1.32 bits per heavy atom. The van der Waals surface area contributed by atoms with Gasteiger partial charge < -0.3 is 19.5 Å². The van der Waals surface area contributed by atoms with Gasteiger partial charge in [-0.2, -0.15) is 4.98 Å². The van der Waals surface area contributed by atoms with E-state index in [1.807, 2.05) is 6.20 Å². The van der Waals surface area contributed by atoms with Gasteiger partial charge in [-0.25, -0.2) is 9.18 Å². The monoisotopic (exact) mass is 426 g/mol. The van der Waals surface area contributed by atoms with Crippen molar-refractivity contribution in [3.8, 4) is 6.01 Å². The molecule has 10 heteroatoms. The first-order valence-corrected chi connectivity index (χ1v) is 9.80. The van der Waals surface area contributed by atoms with E-state index in [9.17, 15) is 14.0 Å². The Labute approximate surface area is 178 Å². The van der Waals surface area contributed by atoms with Crippen molar-refractivity contribution in [3.63, 3.8) is 0 Å². The maximum Gasteiger partial charge on any atom is 0.417 e. The van der Waals surface area contributed by atoms with Gasteiger partial charge in [0.25, 0.3) is 5.91 Å². The highest BCUT2D eigenvalue weighted by molar-refractivity contribution is 6.04. The molecule has 0 saturated heterocycles. The van der Waals surface area contributed by atoms with Gasteiger partial charge >= 0.3 is 12.1 Å². The van der Waals surface area contributed by atoms with Crippen LogP contribution in [0.2, 0.25) is 0 Å². The molecule has 9 nitrogen and oxygen atoms in total. The number of halogens is 1. The Balaban J connectivity index is 1.52. The van der Waals surface area contributed by atoms with E-state index in [1.54, 1.807) is 38.7 Å². The van der Waals surface area contributed by atoms with Crippen LogP contribution >= 0.6 is 0 Å². The number of rotatable bonds is 4. The van der Waals surface area contributed by atoms with E-state index in [2.05, 4.69) is 15.4 Å². The van der Waals surface area contributed by atoms with Crippen LogP contribution in [0.3, 0.4) is 0 Å². The standard InChI is InChI=1S/C21H23FN6O3/c1-12-9-13(5-7-16(12)22)24-19(29)18-14-6-8-17(15(14)10-26(18)2)28(4)21(30)31-20-23-11-27(3)25-20/h5,7,9-11,17H,6,8H2,1-4H3,(H,24,29). The summed E-state index contributed by atoms with van der Waals surface area (Å²) in [4.78, 5) is 30.9. The summed E-state index contributed by atoms with van der Waals surface area (Å²) in [5.41, 5.74) is 3.29. The number of aromatic nitrogens is 4. The van der Waals surface area contributed by atoms with Gasteiger partial charge in [-0.3, -0.25) is 9.48 Å². The maximum atomic E-state index is 13.5. The van der Waals surface area contributed by atoms with Gasteiger partial charge in [-0.05, 0) is 54.7 Å². The highest BCUT2D eigenvalue weighted by atomic mass is 19.1. The highest BCUT2D eigenvalue weighted by Gasteiger charge is 2.35. The summed E-state index contributed by atoms with van der Waals surface area (Å²) in [6.45, 7) is 1.64. The summed E-state index contributed by atoms with van der Waals surface area (Å²) in [6.07, 6.45) is 4.05.